The number of rotatable bonds is 3. The monoisotopic (exact) mass is 191 g/mol. The zero-order valence-electron chi connectivity index (χ0n) is 8.59. The number of nitrogens with one attached hydrogen (secondary N) is 1. The summed E-state index contributed by atoms with van der Waals surface area (Å²) in [5.74, 6) is 0.389. The number of hydrogen-bond acceptors (Lipinski definition) is 2. The number of fused-ring (bicyclic) bond motifs is 1. The van der Waals surface area contributed by atoms with E-state index in [1.807, 2.05) is 12.1 Å². The van der Waals surface area contributed by atoms with Crippen molar-refractivity contribution in [1.29, 1.82) is 0 Å². The van der Waals surface area contributed by atoms with E-state index < -0.39 is 0 Å². The van der Waals surface area contributed by atoms with Crippen LogP contribution in [0.4, 0.5) is 0 Å². The Morgan fingerprint density at radius 1 is 1.36 bits per heavy atom. The van der Waals surface area contributed by atoms with E-state index in [2.05, 4.69) is 12.2 Å². The van der Waals surface area contributed by atoms with E-state index in [4.69, 9.17) is 0 Å². The molecule has 1 unspecified atom stereocenters. The molecule has 0 aromatic heterocycles. The average Bonchev–Trinajstić information content (AvgIpc) is 2.56. The predicted molar refractivity (Wildman–Crippen MR) is 57.6 cm³/mol. The van der Waals surface area contributed by atoms with Gasteiger partial charge in [0.05, 0.1) is 0 Å². The van der Waals surface area contributed by atoms with Gasteiger partial charge in [0, 0.05) is 6.04 Å². The van der Waals surface area contributed by atoms with Crippen LogP contribution in [0.1, 0.15) is 24.5 Å². The highest BCUT2D eigenvalue weighted by atomic mass is 16.3. The highest BCUT2D eigenvalue weighted by molar-refractivity contribution is 5.39. The minimum absolute atomic E-state index is 0.389. The van der Waals surface area contributed by atoms with Crippen LogP contribution in [-0.2, 0) is 12.8 Å². The minimum Gasteiger partial charge on any atom is -0.508 e. The molecule has 0 spiro atoms. The Kier molecular flexibility index (Phi) is 2.73. The van der Waals surface area contributed by atoms with E-state index in [1.54, 1.807) is 6.07 Å². The van der Waals surface area contributed by atoms with Gasteiger partial charge in [-0.15, -0.1) is 0 Å². The first-order valence-corrected chi connectivity index (χ1v) is 5.33. The van der Waals surface area contributed by atoms with Crippen molar-refractivity contribution < 1.29 is 5.11 Å². The molecule has 1 aliphatic carbocycles. The fourth-order valence-electron chi connectivity index (χ4n) is 2.10. The third-order valence-corrected chi connectivity index (χ3v) is 2.81. The first kappa shape index (κ1) is 9.53. The second kappa shape index (κ2) is 4.01. The van der Waals surface area contributed by atoms with Crippen molar-refractivity contribution in [1.82, 2.24) is 5.32 Å². The van der Waals surface area contributed by atoms with E-state index in [0.29, 0.717) is 11.8 Å². The molecule has 2 heteroatoms. The smallest absolute Gasteiger partial charge is 0.115 e. The van der Waals surface area contributed by atoms with Crippen molar-refractivity contribution in [2.75, 3.05) is 6.54 Å². The molecule has 2 nitrogen and oxygen atoms in total. The Hall–Kier alpha value is -1.02. The van der Waals surface area contributed by atoms with Gasteiger partial charge >= 0.3 is 0 Å². The molecule has 76 valence electrons. The summed E-state index contributed by atoms with van der Waals surface area (Å²) >= 11 is 0. The normalized spacial score (nSPS) is 19.6. The van der Waals surface area contributed by atoms with E-state index >= 15 is 0 Å². The Morgan fingerprint density at radius 3 is 2.93 bits per heavy atom. The third kappa shape index (κ3) is 1.90. The van der Waals surface area contributed by atoms with Gasteiger partial charge in [-0.1, -0.05) is 13.0 Å². The second-order valence-electron chi connectivity index (χ2n) is 4.01. The molecule has 0 saturated heterocycles. The molecule has 0 aliphatic heterocycles. The van der Waals surface area contributed by atoms with Crippen LogP contribution >= 0.6 is 0 Å². The molecular weight excluding hydrogens is 174 g/mol. The summed E-state index contributed by atoms with van der Waals surface area (Å²) in [7, 11) is 0. The zero-order chi connectivity index (χ0) is 9.97. The summed E-state index contributed by atoms with van der Waals surface area (Å²) in [5.41, 5.74) is 2.69. The Balaban J connectivity index is 2.03. The first-order valence-electron chi connectivity index (χ1n) is 5.33. The van der Waals surface area contributed by atoms with E-state index in [-0.39, 0.29) is 0 Å². The molecule has 0 radical (unpaired) electrons. The second-order valence-corrected chi connectivity index (χ2v) is 4.01. The van der Waals surface area contributed by atoms with E-state index in [0.717, 1.165) is 19.4 Å². The molecule has 0 fully saturated rings. The van der Waals surface area contributed by atoms with Crippen molar-refractivity contribution in [3.8, 4) is 5.75 Å². The highest BCUT2D eigenvalue weighted by Gasteiger charge is 2.20. The summed E-state index contributed by atoms with van der Waals surface area (Å²) in [6, 6.07) is 6.29. The van der Waals surface area contributed by atoms with Crippen molar-refractivity contribution in [3.63, 3.8) is 0 Å². The topological polar surface area (TPSA) is 32.3 Å². The molecule has 14 heavy (non-hydrogen) atoms. The number of phenolic OH excluding ortho intramolecular Hbond substituents is 1. The molecule has 1 aliphatic rings. The van der Waals surface area contributed by atoms with E-state index in [9.17, 15) is 5.11 Å². The lowest BCUT2D eigenvalue weighted by Gasteiger charge is -2.09. The Labute approximate surface area is 85.0 Å². The minimum atomic E-state index is 0.389. The van der Waals surface area contributed by atoms with Gasteiger partial charge in [0.15, 0.2) is 0 Å². The third-order valence-electron chi connectivity index (χ3n) is 2.81. The number of hydrogen-bond donors (Lipinski definition) is 2. The summed E-state index contributed by atoms with van der Waals surface area (Å²) in [6.45, 7) is 3.27. The molecule has 0 amide bonds. The molecule has 0 saturated carbocycles. The van der Waals surface area contributed by atoms with Crippen molar-refractivity contribution in [2.45, 2.75) is 32.2 Å². The molecule has 0 heterocycles. The molecular formula is C12H17NO. The predicted octanol–water partition coefficient (Wildman–Crippen LogP) is 1.86. The van der Waals surface area contributed by atoms with Gasteiger partial charge in [-0.2, -0.15) is 0 Å². The van der Waals surface area contributed by atoms with Crippen molar-refractivity contribution in [3.05, 3.63) is 29.3 Å². The molecule has 1 aromatic rings. The summed E-state index contributed by atoms with van der Waals surface area (Å²) in [6.07, 6.45) is 3.34. The number of aromatic hydroxyl groups is 1. The highest BCUT2D eigenvalue weighted by Crippen LogP contribution is 2.25. The Bertz CT molecular complexity index is 322. The standard InChI is InChI=1S/C12H17NO/c1-2-5-13-11-6-9-3-4-12(14)8-10(9)7-11/h3-4,8,11,13-14H,2,5-7H2,1H3. The van der Waals surface area contributed by atoms with Gasteiger partial charge in [0.25, 0.3) is 0 Å². The van der Waals surface area contributed by atoms with Crippen molar-refractivity contribution >= 4 is 0 Å². The fraction of sp³-hybridized carbons (Fsp3) is 0.500. The number of benzene rings is 1. The Morgan fingerprint density at radius 2 is 2.14 bits per heavy atom. The molecule has 2 N–H and O–H groups in total. The first-order chi connectivity index (χ1) is 6.79. The van der Waals surface area contributed by atoms with E-state index in [1.165, 1.54) is 17.5 Å². The SMILES string of the molecule is CCCNC1Cc2ccc(O)cc2C1. The van der Waals surface area contributed by atoms with Gasteiger partial charge in [-0.3, -0.25) is 0 Å². The quantitative estimate of drug-likeness (QED) is 0.764. The van der Waals surface area contributed by atoms with Gasteiger partial charge < -0.3 is 10.4 Å². The maximum absolute atomic E-state index is 9.34. The molecule has 0 bridgehead atoms. The zero-order valence-corrected chi connectivity index (χ0v) is 8.59. The summed E-state index contributed by atoms with van der Waals surface area (Å²) in [5, 5.41) is 12.9. The molecule has 1 atom stereocenters. The van der Waals surface area contributed by atoms with Crippen LogP contribution in [-0.4, -0.2) is 17.7 Å². The van der Waals surface area contributed by atoms with Crippen LogP contribution in [0.5, 0.6) is 5.75 Å². The van der Waals surface area contributed by atoms with Crippen molar-refractivity contribution in [2.24, 2.45) is 0 Å². The lowest BCUT2D eigenvalue weighted by Crippen LogP contribution is -2.29. The van der Waals surface area contributed by atoms with Gasteiger partial charge in [-0.25, -0.2) is 0 Å². The molecule has 1 aromatic carbocycles. The van der Waals surface area contributed by atoms with Gasteiger partial charge in [0.2, 0.25) is 0 Å². The number of phenols is 1. The van der Waals surface area contributed by atoms with Crippen LogP contribution in [0.25, 0.3) is 0 Å². The van der Waals surface area contributed by atoms with Crippen LogP contribution in [0.2, 0.25) is 0 Å². The van der Waals surface area contributed by atoms with Crippen LogP contribution in [0.15, 0.2) is 18.2 Å². The lowest BCUT2D eigenvalue weighted by molar-refractivity contribution is 0.474. The lowest BCUT2D eigenvalue weighted by atomic mass is 10.1. The maximum atomic E-state index is 9.34. The van der Waals surface area contributed by atoms with Gasteiger partial charge in [0.1, 0.15) is 5.75 Å². The largest absolute Gasteiger partial charge is 0.508 e. The molecule has 2 rings (SSSR count). The van der Waals surface area contributed by atoms with Crippen LogP contribution < -0.4 is 5.32 Å². The fourth-order valence-corrected chi connectivity index (χ4v) is 2.10. The maximum Gasteiger partial charge on any atom is 0.115 e. The van der Waals surface area contributed by atoms with Gasteiger partial charge in [-0.05, 0) is 49.1 Å². The summed E-state index contributed by atoms with van der Waals surface area (Å²) < 4.78 is 0. The van der Waals surface area contributed by atoms with Crippen LogP contribution in [0.3, 0.4) is 0 Å². The van der Waals surface area contributed by atoms with Crippen LogP contribution in [0, 0.1) is 0 Å². The average molecular weight is 191 g/mol. The summed E-state index contributed by atoms with van der Waals surface area (Å²) in [4.78, 5) is 0.